The highest BCUT2D eigenvalue weighted by Gasteiger charge is 2.48. The van der Waals surface area contributed by atoms with E-state index in [0.29, 0.717) is 16.1 Å². The number of halogens is 3. The maximum absolute atomic E-state index is 13.2. The Morgan fingerprint density at radius 1 is 1.20 bits per heavy atom. The van der Waals surface area contributed by atoms with Crippen LogP contribution in [0.25, 0.3) is 0 Å². The first-order valence-electron chi connectivity index (χ1n) is 8.85. The Morgan fingerprint density at radius 2 is 1.87 bits per heavy atom. The van der Waals surface area contributed by atoms with Crippen molar-refractivity contribution in [2.45, 2.75) is 26.1 Å². The van der Waals surface area contributed by atoms with Crippen LogP contribution in [-0.4, -0.2) is 55.3 Å². The quantitative estimate of drug-likeness (QED) is 0.726. The molecule has 0 unspecified atom stereocenters. The predicted octanol–water partition coefficient (Wildman–Crippen LogP) is 2.14. The number of carbonyl (C=O) groups is 1. The topological polar surface area (TPSA) is 86.7 Å². The number of hydrogen-bond acceptors (Lipinski definition) is 5. The van der Waals surface area contributed by atoms with Gasteiger partial charge in [-0.1, -0.05) is 12.1 Å². The Labute approximate surface area is 172 Å². The van der Waals surface area contributed by atoms with Crippen LogP contribution in [0, 0.1) is 13.8 Å². The van der Waals surface area contributed by atoms with Crippen LogP contribution in [0.4, 0.5) is 24.7 Å². The molecule has 1 atom stereocenters. The molecule has 0 radical (unpaired) electrons. The molecular formula is C18H20F3N5O3S. The molecule has 1 aromatic carbocycles. The van der Waals surface area contributed by atoms with Crippen LogP contribution in [-0.2, 0) is 21.2 Å². The highest BCUT2D eigenvalue weighted by molar-refractivity contribution is 7.90. The normalized spacial score (nSPS) is 19.2. The summed E-state index contributed by atoms with van der Waals surface area (Å²) in [6, 6.07) is 6.25. The molecule has 1 aromatic heterocycles. The molecule has 1 aliphatic rings. The van der Waals surface area contributed by atoms with Crippen molar-refractivity contribution in [1.29, 1.82) is 0 Å². The Kier molecular flexibility index (Phi) is 5.50. The first kappa shape index (κ1) is 22.0. The van der Waals surface area contributed by atoms with E-state index in [4.69, 9.17) is 0 Å². The van der Waals surface area contributed by atoms with Crippen LogP contribution < -0.4 is 9.21 Å². The van der Waals surface area contributed by atoms with Gasteiger partial charge < -0.3 is 4.90 Å². The third kappa shape index (κ3) is 3.97. The molecule has 1 saturated heterocycles. The van der Waals surface area contributed by atoms with E-state index in [-0.39, 0.29) is 12.4 Å². The maximum Gasteiger partial charge on any atom is 0.433 e. The van der Waals surface area contributed by atoms with Gasteiger partial charge in [0.15, 0.2) is 0 Å². The average Bonchev–Trinajstić information content (AvgIpc) is 2.88. The van der Waals surface area contributed by atoms with Gasteiger partial charge in [-0.2, -0.15) is 25.9 Å². The van der Waals surface area contributed by atoms with Crippen LogP contribution in [0.15, 0.2) is 30.3 Å². The van der Waals surface area contributed by atoms with E-state index in [1.807, 2.05) is 13.0 Å². The van der Waals surface area contributed by atoms with E-state index < -0.39 is 39.8 Å². The minimum atomic E-state index is -4.80. The number of alkyl halides is 3. The number of aromatic nitrogens is 2. The van der Waals surface area contributed by atoms with E-state index >= 15 is 0 Å². The van der Waals surface area contributed by atoms with Gasteiger partial charge in [-0.25, -0.2) is 14.3 Å². The van der Waals surface area contributed by atoms with Crippen LogP contribution in [0.3, 0.4) is 0 Å². The van der Waals surface area contributed by atoms with Crippen molar-refractivity contribution in [3.8, 4) is 0 Å². The number of hydrogen-bond donors (Lipinski definition) is 0. The molecule has 3 rings (SSSR count). The Hall–Kier alpha value is -2.73. The van der Waals surface area contributed by atoms with Crippen molar-refractivity contribution >= 4 is 27.6 Å². The van der Waals surface area contributed by atoms with E-state index in [2.05, 4.69) is 9.97 Å². The first-order valence-corrected chi connectivity index (χ1v) is 10.2. The molecule has 1 fully saturated rings. The molecule has 0 aliphatic carbocycles. The highest BCUT2D eigenvalue weighted by atomic mass is 32.2. The summed E-state index contributed by atoms with van der Waals surface area (Å²) in [5.74, 6) is -1.36. The third-order valence-corrected chi connectivity index (χ3v) is 6.58. The fourth-order valence-electron chi connectivity index (χ4n) is 3.18. The molecule has 0 saturated carbocycles. The van der Waals surface area contributed by atoms with Crippen molar-refractivity contribution in [2.24, 2.45) is 0 Å². The van der Waals surface area contributed by atoms with Gasteiger partial charge >= 0.3 is 16.4 Å². The number of anilines is 2. The molecular weight excluding hydrogens is 423 g/mol. The van der Waals surface area contributed by atoms with Gasteiger partial charge in [-0.05, 0) is 31.5 Å². The lowest BCUT2D eigenvalue weighted by atomic mass is 10.2. The summed E-state index contributed by atoms with van der Waals surface area (Å²) in [4.78, 5) is 21.7. The van der Waals surface area contributed by atoms with Gasteiger partial charge in [0.25, 0.3) is 5.91 Å². The summed E-state index contributed by atoms with van der Waals surface area (Å²) in [5, 5.41) is 0. The lowest BCUT2D eigenvalue weighted by Crippen LogP contribution is -2.47. The third-order valence-electron chi connectivity index (χ3n) is 4.70. The fourth-order valence-corrected chi connectivity index (χ4v) is 4.61. The number of amides is 1. The van der Waals surface area contributed by atoms with E-state index in [1.54, 1.807) is 18.2 Å². The SMILES string of the molecule is Cc1cccc(N(C)C(=O)[C@@H]2CN(C)S(=O)(=O)N2c2cc(C(F)(F)F)nc(C)n2)c1. The fraction of sp³-hybridized carbons (Fsp3) is 0.389. The Bertz CT molecular complexity index is 1090. The standard InChI is InChI=1S/C18H20F3N5O3S/c1-11-6-5-7-13(8-11)25(4)17(27)14-10-24(3)30(28,29)26(14)16-9-15(18(19,20)21)22-12(2)23-16/h5-9,14H,10H2,1-4H3/t14-/m0/s1. The van der Waals surface area contributed by atoms with Gasteiger partial charge in [0.2, 0.25) is 0 Å². The summed E-state index contributed by atoms with van der Waals surface area (Å²) in [6.45, 7) is 2.83. The lowest BCUT2D eigenvalue weighted by molar-refractivity contribution is -0.141. The maximum atomic E-state index is 13.2. The second-order valence-corrected chi connectivity index (χ2v) is 8.90. The molecule has 1 aliphatic heterocycles. The number of carbonyl (C=O) groups excluding carboxylic acids is 1. The van der Waals surface area contributed by atoms with Crippen LogP contribution >= 0.6 is 0 Å². The zero-order valence-electron chi connectivity index (χ0n) is 16.7. The summed E-state index contributed by atoms with van der Waals surface area (Å²) < 4.78 is 66.8. The first-order chi connectivity index (χ1) is 13.8. The molecule has 30 heavy (non-hydrogen) atoms. The largest absolute Gasteiger partial charge is 0.433 e. The monoisotopic (exact) mass is 443 g/mol. The van der Waals surface area contributed by atoms with E-state index in [9.17, 15) is 26.4 Å². The zero-order chi connectivity index (χ0) is 22.4. The van der Waals surface area contributed by atoms with Crippen molar-refractivity contribution in [1.82, 2.24) is 14.3 Å². The second kappa shape index (κ2) is 7.51. The number of nitrogens with zero attached hydrogens (tertiary/aromatic N) is 5. The van der Waals surface area contributed by atoms with E-state index in [1.165, 1.54) is 25.9 Å². The molecule has 0 N–H and O–H groups in total. The minimum absolute atomic E-state index is 0.234. The smallest absolute Gasteiger partial charge is 0.314 e. The van der Waals surface area contributed by atoms with E-state index in [0.717, 1.165) is 9.87 Å². The molecule has 8 nitrogen and oxygen atoms in total. The Balaban J connectivity index is 2.07. The molecule has 12 heteroatoms. The number of likely N-dealkylation sites (N-methyl/N-ethyl adjacent to an activating group) is 2. The zero-order valence-corrected chi connectivity index (χ0v) is 17.5. The molecule has 2 aromatic rings. The van der Waals surface area contributed by atoms with Crippen molar-refractivity contribution in [2.75, 3.05) is 29.8 Å². The van der Waals surface area contributed by atoms with Crippen molar-refractivity contribution < 1.29 is 26.4 Å². The summed E-state index contributed by atoms with van der Waals surface area (Å²) >= 11 is 0. The predicted molar refractivity (Wildman–Crippen MR) is 104 cm³/mol. The molecule has 1 amide bonds. The lowest BCUT2D eigenvalue weighted by Gasteiger charge is -2.27. The summed E-state index contributed by atoms with van der Waals surface area (Å²) in [6.07, 6.45) is -4.80. The van der Waals surface area contributed by atoms with Crippen molar-refractivity contribution in [3.63, 3.8) is 0 Å². The second-order valence-electron chi connectivity index (χ2n) is 6.99. The van der Waals surface area contributed by atoms with Crippen molar-refractivity contribution in [3.05, 3.63) is 47.4 Å². The average molecular weight is 443 g/mol. The van der Waals surface area contributed by atoms with Gasteiger partial charge in [-0.3, -0.25) is 4.79 Å². The van der Waals surface area contributed by atoms with Crippen LogP contribution in [0.1, 0.15) is 17.1 Å². The highest BCUT2D eigenvalue weighted by Crippen LogP contribution is 2.34. The molecule has 0 spiro atoms. The Morgan fingerprint density at radius 3 is 2.47 bits per heavy atom. The van der Waals surface area contributed by atoms with Crippen LogP contribution in [0.5, 0.6) is 0 Å². The molecule has 162 valence electrons. The number of aryl methyl sites for hydroxylation is 2. The molecule has 2 heterocycles. The van der Waals surface area contributed by atoms with Crippen LogP contribution in [0.2, 0.25) is 0 Å². The number of benzene rings is 1. The molecule has 0 bridgehead atoms. The summed E-state index contributed by atoms with van der Waals surface area (Å²) in [5.41, 5.74) is 0.135. The van der Waals surface area contributed by atoms with Gasteiger partial charge in [0, 0.05) is 32.4 Å². The number of rotatable bonds is 3. The minimum Gasteiger partial charge on any atom is -0.314 e. The summed E-state index contributed by atoms with van der Waals surface area (Å²) in [7, 11) is -1.52. The van der Waals surface area contributed by atoms with Gasteiger partial charge in [0.05, 0.1) is 0 Å². The van der Waals surface area contributed by atoms with Gasteiger partial charge in [0.1, 0.15) is 23.4 Å². The van der Waals surface area contributed by atoms with Gasteiger partial charge in [-0.15, -0.1) is 0 Å².